The van der Waals surface area contributed by atoms with E-state index in [4.69, 9.17) is 24.1 Å². The number of aliphatic carboxylic acids is 1. The number of aromatic nitrogens is 2. The largest absolute Gasteiger partial charge is 0.493 e. The predicted octanol–water partition coefficient (Wildman–Crippen LogP) is 2.98. The van der Waals surface area contributed by atoms with Gasteiger partial charge in [0.1, 0.15) is 0 Å². The van der Waals surface area contributed by atoms with Crippen molar-refractivity contribution in [3.63, 3.8) is 0 Å². The molecule has 208 valence electrons. The highest BCUT2D eigenvalue weighted by atomic mass is 19.4. The normalized spacial score (nSPS) is 14.8. The number of pyridine rings is 2. The van der Waals surface area contributed by atoms with Crippen molar-refractivity contribution in [3.8, 4) is 22.8 Å². The predicted molar refractivity (Wildman–Crippen MR) is 134 cm³/mol. The Morgan fingerprint density at radius 1 is 1.05 bits per heavy atom. The average molecular weight is 550 g/mol. The summed E-state index contributed by atoms with van der Waals surface area (Å²) in [5.74, 6) is -1.94. The molecule has 1 aliphatic carbocycles. The van der Waals surface area contributed by atoms with Crippen LogP contribution in [0.3, 0.4) is 0 Å². The number of nitrogens with zero attached hydrogens (tertiary/aromatic N) is 3. The topological polar surface area (TPSA) is 120 Å². The van der Waals surface area contributed by atoms with Gasteiger partial charge in [0, 0.05) is 49.5 Å². The summed E-state index contributed by atoms with van der Waals surface area (Å²) in [6.07, 6.45) is -1.06. The van der Waals surface area contributed by atoms with Crippen molar-refractivity contribution in [1.29, 1.82) is 0 Å². The van der Waals surface area contributed by atoms with Crippen LogP contribution in [0.5, 0.6) is 11.5 Å². The smallest absolute Gasteiger partial charge is 0.490 e. The highest BCUT2D eigenvalue weighted by molar-refractivity contribution is 6.26. The van der Waals surface area contributed by atoms with Gasteiger partial charge >= 0.3 is 12.1 Å². The molecule has 2 aliphatic rings. The molecular weight excluding hydrogens is 523 g/mol. The number of carbonyl (C=O) groups excluding carboxylic acids is 1. The second-order valence-corrected chi connectivity index (χ2v) is 8.79. The molecular formula is C26H26F3N3O7. The fraction of sp³-hybridized carbons (Fsp3) is 0.385. The number of benzene rings is 1. The van der Waals surface area contributed by atoms with Gasteiger partial charge < -0.3 is 23.9 Å². The van der Waals surface area contributed by atoms with Crippen LogP contribution in [0.25, 0.3) is 22.0 Å². The van der Waals surface area contributed by atoms with Gasteiger partial charge in [0.25, 0.3) is 5.56 Å². The van der Waals surface area contributed by atoms with E-state index in [1.165, 1.54) is 14.2 Å². The standard InChI is InChI=1S/C24H25N3O5.C2HF3O2/c1-30-19-12-16-17(13-20(19)31-2)24(29)27(7-3-6-26-8-10-32-11-9-26)22-15-4-5-25-14-18(15)23(28)21(16)22;3-2(4,5)1(6)7/h4-5,12-14H,3,6-11H2,1-2H3;(H,6,7). The van der Waals surface area contributed by atoms with Crippen molar-refractivity contribution in [2.45, 2.75) is 19.1 Å². The van der Waals surface area contributed by atoms with E-state index >= 15 is 0 Å². The Hall–Kier alpha value is -3.97. The van der Waals surface area contributed by atoms with Crippen molar-refractivity contribution in [2.24, 2.45) is 0 Å². The third kappa shape index (κ3) is 5.59. The minimum absolute atomic E-state index is 0.123. The summed E-state index contributed by atoms with van der Waals surface area (Å²) >= 11 is 0. The number of hydrogen-bond acceptors (Lipinski definition) is 8. The summed E-state index contributed by atoms with van der Waals surface area (Å²) < 4.78 is 49.8. The number of ketones is 1. The number of alkyl halides is 3. The molecule has 13 heteroatoms. The molecule has 0 unspecified atom stereocenters. The maximum absolute atomic E-state index is 13.7. The van der Waals surface area contributed by atoms with Crippen molar-refractivity contribution < 1.29 is 42.1 Å². The van der Waals surface area contributed by atoms with E-state index in [0.717, 1.165) is 44.8 Å². The van der Waals surface area contributed by atoms with E-state index in [1.807, 2.05) is 6.07 Å². The minimum Gasteiger partial charge on any atom is -0.493 e. The van der Waals surface area contributed by atoms with E-state index < -0.39 is 12.1 Å². The highest BCUT2D eigenvalue weighted by Gasteiger charge is 2.38. The van der Waals surface area contributed by atoms with E-state index in [9.17, 15) is 22.8 Å². The SMILES string of the molecule is COc1cc2c3c(n(CCCN4CCOCC4)c(=O)c2cc1OC)-c1ccncc1C3=O.O=C(O)C(F)(F)F. The molecule has 0 spiro atoms. The lowest BCUT2D eigenvalue weighted by Gasteiger charge is -2.26. The number of ether oxygens (including phenoxy) is 3. The monoisotopic (exact) mass is 549 g/mol. The summed E-state index contributed by atoms with van der Waals surface area (Å²) in [6.45, 7) is 4.65. The molecule has 0 radical (unpaired) electrons. The Balaban J connectivity index is 0.000000448. The number of halogens is 3. The van der Waals surface area contributed by atoms with Crippen molar-refractivity contribution in [3.05, 3.63) is 52.1 Å². The second-order valence-electron chi connectivity index (χ2n) is 8.79. The molecule has 1 aliphatic heterocycles. The second kappa shape index (κ2) is 11.4. The van der Waals surface area contributed by atoms with Crippen LogP contribution in [0.15, 0.2) is 35.4 Å². The number of morpholine rings is 1. The molecule has 0 bridgehead atoms. The van der Waals surface area contributed by atoms with Gasteiger partial charge in [-0.1, -0.05) is 0 Å². The first-order chi connectivity index (χ1) is 18.6. The zero-order valence-electron chi connectivity index (χ0n) is 21.2. The number of rotatable bonds is 6. The average Bonchev–Trinajstić information content (AvgIpc) is 3.22. The first-order valence-electron chi connectivity index (χ1n) is 12.0. The van der Waals surface area contributed by atoms with Gasteiger partial charge in [-0.3, -0.25) is 19.5 Å². The van der Waals surface area contributed by atoms with E-state index in [2.05, 4.69) is 9.88 Å². The van der Waals surface area contributed by atoms with Crippen molar-refractivity contribution in [1.82, 2.24) is 14.5 Å². The summed E-state index contributed by atoms with van der Waals surface area (Å²) in [6, 6.07) is 5.21. The summed E-state index contributed by atoms with van der Waals surface area (Å²) in [7, 11) is 3.07. The number of fused-ring (bicyclic) bond motifs is 5. The highest BCUT2D eigenvalue weighted by Crippen LogP contribution is 2.41. The molecule has 2 aromatic heterocycles. The molecule has 1 N–H and O–H groups in total. The first kappa shape index (κ1) is 28.0. The lowest BCUT2D eigenvalue weighted by atomic mass is 10.0. The quantitative estimate of drug-likeness (QED) is 0.387. The van der Waals surface area contributed by atoms with E-state index in [-0.39, 0.29) is 11.3 Å². The Morgan fingerprint density at radius 2 is 1.67 bits per heavy atom. The van der Waals surface area contributed by atoms with Gasteiger partial charge in [0.2, 0.25) is 0 Å². The number of hydrogen-bond donors (Lipinski definition) is 1. The molecule has 1 fully saturated rings. The van der Waals surface area contributed by atoms with Crippen LogP contribution in [0.1, 0.15) is 22.3 Å². The molecule has 5 rings (SSSR count). The number of methoxy groups -OCH3 is 2. The van der Waals surface area contributed by atoms with Crippen LogP contribution in [-0.2, 0) is 16.1 Å². The molecule has 0 saturated carbocycles. The zero-order valence-corrected chi connectivity index (χ0v) is 21.2. The zero-order chi connectivity index (χ0) is 28.3. The van der Waals surface area contributed by atoms with Gasteiger partial charge in [0.05, 0.1) is 49.6 Å². The molecule has 3 aromatic rings. The molecule has 1 aromatic carbocycles. The lowest BCUT2D eigenvalue weighted by molar-refractivity contribution is -0.192. The molecule has 0 amide bonds. The summed E-state index contributed by atoms with van der Waals surface area (Å²) in [5, 5.41) is 8.15. The van der Waals surface area contributed by atoms with Crippen LogP contribution in [0, 0.1) is 0 Å². The van der Waals surface area contributed by atoms with Crippen LogP contribution >= 0.6 is 0 Å². The number of carbonyl (C=O) groups is 2. The third-order valence-corrected chi connectivity index (χ3v) is 6.53. The molecule has 10 nitrogen and oxygen atoms in total. The van der Waals surface area contributed by atoms with Crippen LogP contribution in [0.4, 0.5) is 13.2 Å². The maximum atomic E-state index is 13.7. The van der Waals surface area contributed by atoms with E-state index in [1.54, 1.807) is 29.1 Å². The van der Waals surface area contributed by atoms with Crippen molar-refractivity contribution in [2.75, 3.05) is 47.1 Å². The Morgan fingerprint density at radius 3 is 2.26 bits per heavy atom. The first-order valence-corrected chi connectivity index (χ1v) is 12.0. The minimum atomic E-state index is -5.08. The third-order valence-electron chi connectivity index (χ3n) is 6.53. The molecule has 39 heavy (non-hydrogen) atoms. The van der Waals surface area contributed by atoms with Crippen LogP contribution in [-0.4, -0.2) is 84.6 Å². The molecule has 3 heterocycles. The Labute approximate surface area is 220 Å². The molecule has 0 atom stereocenters. The Kier molecular flexibility index (Phi) is 8.21. The van der Waals surface area contributed by atoms with Crippen molar-refractivity contribution >= 4 is 22.5 Å². The van der Waals surface area contributed by atoms with E-state index in [0.29, 0.717) is 45.6 Å². The summed E-state index contributed by atoms with van der Waals surface area (Å²) in [5.41, 5.74) is 2.32. The fourth-order valence-electron chi connectivity index (χ4n) is 4.69. The Bertz CT molecular complexity index is 1460. The van der Waals surface area contributed by atoms with Crippen LogP contribution in [0.2, 0.25) is 0 Å². The fourth-order valence-corrected chi connectivity index (χ4v) is 4.69. The van der Waals surface area contributed by atoms with Gasteiger partial charge in [-0.15, -0.1) is 0 Å². The molecule has 1 saturated heterocycles. The van der Waals surface area contributed by atoms with Gasteiger partial charge in [-0.05, 0) is 24.6 Å². The van der Waals surface area contributed by atoms with Crippen LogP contribution < -0.4 is 15.0 Å². The summed E-state index contributed by atoms with van der Waals surface area (Å²) in [4.78, 5) is 42.4. The lowest BCUT2D eigenvalue weighted by Crippen LogP contribution is -2.37. The maximum Gasteiger partial charge on any atom is 0.490 e. The van der Waals surface area contributed by atoms with Gasteiger partial charge in [0.15, 0.2) is 17.3 Å². The number of carboxylic acid groups (broad SMARTS) is 1. The number of carboxylic acids is 1. The van der Waals surface area contributed by atoms with Gasteiger partial charge in [-0.25, -0.2) is 4.79 Å². The van der Waals surface area contributed by atoms with Gasteiger partial charge in [-0.2, -0.15) is 13.2 Å².